The van der Waals surface area contributed by atoms with Crippen LogP contribution < -0.4 is 15.6 Å². The molecule has 0 atom stereocenters. The van der Waals surface area contributed by atoms with Gasteiger partial charge in [-0.1, -0.05) is 24.3 Å². The molecule has 0 aliphatic rings. The van der Waals surface area contributed by atoms with Crippen LogP contribution >= 0.6 is 0 Å². The molecule has 0 aliphatic heterocycles. The van der Waals surface area contributed by atoms with Gasteiger partial charge < -0.3 is 19.6 Å². The predicted octanol–water partition coefficient (Wildman–Crippen LogP) is 3.82. The van der Waals surface area contributed by atoms with E-state index in [-0.39, 0.29) is 17.2 Å². The van der Waals surface area contributed by atoms with Crippen LogP contribution in [0.3, 0.4) is 0 Å². The molecule has 0 unspecified atom stereocenters. The minimum Gasteiger partial charge on any atom is -0.507 e. The average molecular weight is 390 g/mol. The Morgan fingerprint density at radius 1 is 1.00 bits per heavy atom. The highest BCUT2D eigenvalue weighted by atomic mass is 16.5. The zero-order valence-electron chi connectivity index (χ0n) is 15.5. The lowest BCUT2D eigenvalue weighted by Gasteiger charge is -2.03. The molecule has 0 bridgehead atoms. The topological polar surface area (TPSA) is 102 Å². The Hall–Kier alpha value is -4.13. The first-order valence-corrected chi connectivity index (χ1v) is 8.68. The number of phenolic OH excluding ortho intramolecular Hbond substituents is 1. The Morgan fingerprint density at radius 2 is 1.69 bits per heavy atom. The molecule has 3 aromatic carbocycles. The molecular formula is C22H18N2O5. The molecule has 0 amide bonds. The fraction of sp³-hybridized carbons (Fsp3) is 0.0455. The minimum absolute atomic E-state index is 0.0310. The third kappa shape index (κ3) is 4.78. The van der Waals surface area contributed by atoms with Crippen molar-refractivity contribution in [3.05, 3.63) is 83.2 Å². The lowest BCUT2D eigenvalue weighted by atomic mass is 10.2. The van der Waals surface area contributed by atoms with Gasteiger partial charge in [-0.2, -0.15) is 4.98 Å². The van der Waals surface area contributed by atoms with Gasteiger partial charge >= 0.3 is 0 Å². The summed E-state index contributed by atoms with van der Waals surface area (Å²) in [5.41, 5.74) is 1.48. The summed E-state index contributed by atoms with van der Waals surface area (Å²) in [6.07, 6.45) is 0. The highest BCUT2D eigenvalue weighted by Gasteiger charge is 2.10. The van der Waals surface area contributed by atoms with Crippen molar-refractivity contribution in [1.82, 2.24) is 4.98 Å². The van der Waals surface area contributed by atoms with E-state index in [1.165, 1.54) is 6.07 Å². The van der Waals surface area contributed by atoms with Crippen LogP contribution in [-0.2, 0) is 4.79 Å². The molecule has 0 radical (unpaired) electrons. The van der Waals surface area contributed by atoms with Gasteiger partial charge in [0.2, 0.25) is 5.89 Å². The second kappa shape index (κ2) is 9.18. The number of anilines is 1. The van der Waals surface area contributed by atoms with Crippen LogP contribution in [0.1, 0.15) is 0 Å². The fourth-order valence-corrected chi connectivity index (χ4v) is 2.54. The number of nitrogens with one attached hydrogen (secondary N) is 1. The van der Waals surface area contributed by atoms with E-state index in [1.807, 2.05) is 19.2 Å². The Morgan fingerprint density at radius 3 is 2.38 bits per heavy atom. The van der Waals surface area contributed by atoms with Gasteiger partial charge in [-0.05, 0) is 48.5 Å². The van der Waals surface area contributed by atoms with Gasteiger partial charge in [-0.25, -0.2) is 0 Å². The number of phenols is 1. The number of ether oxygens (including phenoxy) is 1. The maximum atomic E-state index is 11.8. The van der Waals surface area contributed by atoms with E-state index in [0.29, 0.717) is 28.8 Å². The van der Waals surface area contributed by atoms with Crippen molar-refractivity contribution in [2.24, 2.45) is 0 Å². The fourth-order valence-electron chi connectivity index (χ4n) is 2.54. The van der Waals surface area contributed by atoms with E-state index < -0.39 is 0 Å². The largest absolute Gasteiger partial charge is 0.507 e. The van der Waals surface area contributed by atoms with Crippen molar-refractivity contribution in [1.29, 1.82) is 0 Å². The van der Waals surface area contributed by atoms with Crippen molar-refractivity contribution in [2.75, 3.05) is 12.4 Å². The highest BCUT2D eigenvalue weighted by Crippen LogP contribution is 2.27. The van der Waals surface area contributed by atoms with Crippen LogP contribution in [0.4, 0.5) is 5.69 Å². The molecule has 7 nitrogen and oxygen atoms in total. The van der Waals surface area contributed by atoms with Gasteiger partial charge in [0.25, 0.3) is 12.0 Å². The molecule has 0 saturated heterocycles. The molecule has 4 aromatic rings. The summed E-state index contributed by atoms with van der Waals surface area (Å²) in [6.45, 7) is 0.411. The number of benzene rings is 3. The number of hydrogen-bond acceptors (Lipinski definition) is 7. The third-order valence-corrected chi connectivity index (χ3v) is 3.99. The van der Waals surface area contributed by atoms with Crippen molar-refractivity contribution < 1.29 is 19.1 Å². The standard InChI is InChI=1S/C14H9NO3.C8H9NO2/c16-11-7-3-1-5-9(11)14-15-13(17)10-6-2-4-8-12(10)18-14;1-9-7-2-4-8(5-3-7)11-6-10/h1-8,16H;2-6,9H,1H3. The Balaban J connectivity index is 0.000000188. The lowest BCUT2D eigenvalue weighted by molar-refractivity contribution is -0.120. The number of carbonyl (C=O) groups excluding carboxylic acids is 1. The molecule has 1 heterocycles. The molecule has 4 rings (SSSR count). The molecule has 0 fully saturated rings. The zero-order chi connectivity index (χ0) is 20.6. The summed E-state index contributed by atoms with van der Waals surface area (Å²) in [5.74, 6) is 0.708. The molecule has 7 heteroatoms. The summed E-state index contributed by atoms with van der Waals surface area (Å²) in [6, 6.07) is 20.6. The summed E-state index contributed by atoms with van der Waals surface area (Å²) >= 11 is 0. The second-order valence-corrected chi connectivity index (χ2v) is 5.83. The predicted molar refractivity (Wildman–Crippen MR) is 110 cm³/mol. The Bertz CT molecular complexity index is 1170. The molecular weight excluding hydrogens is 372 g/mol. The average Bonchev–Trinajstić information content (AvgIpc) is 2.75. The van der Waals surface area contributed by atoms with E-state index in [9.17, 15) is 14.7 Å². The van der Waals surface area contributed by atoms with Crippen LogP contribution in [-0.4, -0.2) is 23.6 Å². The monoisotopic (exact) mass is 390 g/mol. The van der Waals surface area contributed by atoms with Gasteiger partial charge in [0.1, 0.15) is 17.1 Å². The number of nitrogens with zero attached hydrogens (tertiary/aromatic N) is 1. The van der Waals surface area contributed by atoms with E-state index in [0.717, 1.165) is 5.69 Å². The van der Waals surface area contributed by atoms with Crippen LogP contribution in [0.25, 0.3) is 22.4 Å². The van der Waals surface area contributed by atoms with E-state index in [4.69, 9.17) is 4.42 Å². The van der Waals surface area contributed by atoms with E-state index in [2.05, 4.69) is 15.0 Å². The van der Waals surface area contributed by atoms with Crippen molar-refractivity contribution in [2.45, 2.75) is 0 Å². The lowest BCUT2D eigenvalue weighted by Crippen LogP contribution is -2.06. The van der Waals surface area contributed by atoms with Crippen molar-refractivity contribution in [3.8, 4) is 23.0 Å². The van der Waals surface area contributed by atoms with Crippen LogP contribution in [0.15, 0.2) is 82.0 Å². The smallest absolute Gasteiger partial charge is 0.298 e. The molecule has 0 saturated carbocycles. The quantitative estimate of drug-likeness (QED) is 0.511. The number of aromatic hydroxyl groups is 1. The number of rotatable bonds is 4. The number of carbonyl (C=O) groups is 1. The van der Waals surface area contributed by atoms with Crippen LogP contribution in [0, 0.1) is 0 Å². The zero-order valence-corrected chi connectivity index (χ0v) is 15.5. The molecule has 146 valence electrons. The van der Waals surface area contributed by atoms with Gasteiger partial charge in [-0.15, -0.1) is 0 Å². The van der Waals surface area contributed by atoms with Gasteiger partial charge in [0.15, 0.2) is 0 Å². The Kier molecular flexibility index (Phi) is 6.22. The summed E-state index contributed by atoms with van der Waals surface area (Å²) in [7, 11) is 1.83. The number of aromatic nitrogens is 1. The van der Waals surface area contributed by atoms with Crippen LogP contribution in [0.5, 0.6) is 11.5 Å². The number of para-hydroxylation sites is 2. The Labute approximate surface area is 166 Å². The normalized spacial score (nSPS) is 9.97. The first-order valence-electron chi connectivity index (χ1n) is 8.68. The maximum absolute atomic E-state index is 11.8. The first-order chi connectivity index (χ1) is 14.1. The second-order valence-electron chi connectivity index (χ2n) is 5.83. The van der Waals surface area contributed by atoms with Gasteiger partial charge in [-0.3, -0.25) is 9.59 Å². The van der Waals surface area contributed by atoms with Crippen molar-refractivity contribution in [3.63, 3.8) is 0 Å². The molecule has 1 aromatic heterocycles. The number of hydrogen-bond donors (Lipinski definition) is 2. The van der Waals surface area contributed by atoms with Crippen LogP contribution in [0.2, 0.25) is 0 Å². The van der Waals surface area contributed by atoms with E-state index in [1.54, 1.807) is 54.6 Å². The van der Waals surface area contributed by atoms with Gasteiger partial charge in [0.05, 0.1) is 10.9 Å². The summed E-state index contributed by atoms with van der Waals surface area (Å²) < 4.78 is 10.1. The molecule has 0 aliphatic carbocycles. The summed E-state index contributed by atoms with van der Waals surface area (Å²) in [4.78, 5) is 25.6. The molecule has 0 spiro atoms. The number of fused-ring (bicyclic) bond motifs is 1. The molecule has 2 N–H and O–H groups in total. The van der Waals surface area contributed by atoms with E-state index >= 15 is 0 Å². The van der Waals surface area contributed by atoms with Gasteiger partial charge in [0, 0.05) is 12.7 Å². The van der Waals surface area contributed by atoms with Crippen molar-refractivity contribution >= 4 is 23.1 Å². The summed E-state index contributed by atoms with van der Waals surface area (Å²) in [5, 5.41) is 13.1. The maximum Gasteiger partial charge on any atom is 0.298 e. The first kappa shape index (κ1) is 19.6. The SMILES string of the molecule is CNc1ccc(OC=O)cc1.O=c1nc(-c2ccccc2O)oc2ccccc12. The highest BCUT2D eigenvalue weighted by molar-refractivity contribution is 5.77. The third-order valence-electron chi connectivity index (χ3n) is 3.99. The minimum atomic E-state index is -0.366. The molecule has 29 heavy (non-hydrogen) atoms.